The third kappa shape index (κ3) is 3.33. The molecule has 1 aliphatic rings. The van der Waals surface area contributed by atoms with Crippen LogP contribution in [0.3, 0.4) is 0 Å². The van der Waals surface area contributed by atoms with E-state index >= 15 is 0 Å². The molecule has 3 atom stereocenters. The van der Waals surface area contributed by atoms with Gasteiger partial charge in [-0.2, -0.15) is 4.98 Å². The number of likely N-dealkylation sites (tertiary alicyclic amines) is 1. The SMILES string of the molecule is CC(=O)Nc1ccc(-c2noc([C@@H](C)N3[C@H](C)CC[C@@H]3C)n2)cc1. The zero-order chi connectivity index (χ0) is 17.3. The van der Waals surface area contributed by atoms with Gasteiger partial charge in [-0.1, -0.05) is 5.16 Å². The number of carbonyl (C=O) groups is 1. The van der Waals surface area contributed by atoms with E-state index in [0.29, 0.717) is 23.8 Å². The number of anilines is 1. The van der Waals surface area contributed by atoms with Crippen molar-refractivity contribution >= 4 is 11.6 Å². The molecule has 2 aromatic rings. The Morgan fingerprint density at radius 3 is 2.46 bits per heavy atom. The number of benzene rings is 1. The molecule has 1 amide bonds. The molecule has 1 saturated heterocycles. The third-order valence-electron chi connectivity index (χ3n) is 4.73. The Balaban J connectivity index is 1.76. The van der Waals surface area contributed by atoms with E-state index in [0.717, 1.165) is 11.3 Å². The van der Waals surface area contributed by atoms with Crippen molar-refractivity contribution in [2.24, 2.45) is 0 Å². The molecule has 1 aromatic heterocycles. The average Bonchev–Trinajstić information content (AvgIpc) is 3.14. The molecular formula is C18H24N4O2. The molecule has 1 N–H and O–H groups in total. The van der Waals surface area contributed by atoms with Gasteiger partial charge in [-0.25, -0.2) is 0 Å². The first-order chi connectivity index (χ1) is 11.5. The van der Waals surface area contributed by atoms with Crippen LogP contribution in [0, 0.1) is 0 Å². The van der Waals surface area contributed by atoms with Crippen LogP contribution < -0.4 is 5.32 Å². The Morgan fingerprint density at radius 2 is 1.88 bits per heavy atom. The molecule has 0 unspecified atom stereocenters. The molecule has 2 heterocycles. The minimum atomic E-state index is -0.0905. The normalized spacial score (nSPS) is 22.5. The Labute approximate surface area is 142 Å². The van der Waals surface area contributed by atoms with Crippen LogP contribution in [0.5, 0.6) is 0 Å². The van der Waals surface area contributed by atoms with Gasteiger partial charge in [0, 0.05) is 30.3 Å². The fourth-order valence-electron chi connectivity index (χ4n) is 3.53. The molecule has 0 saturated carbocycles. The van der Waals surface area contributed by atoms with Crippen LogP contribution in [0.4, 0.5) is 5.69 Å². The summed E-state index contributed by atoms with van der Waals surface area (Å²) in [6.07, 6.45) is 2.41. The van der Waals surface area contributed by atoms with Crippen molar-refractivity contribution in [3.63, 3.8) is 0 Å². The maximum atomic E-state index is 11.1. The second kappa shape index (κ2) is 6.73. The van der Waals surface area contributed by atoms with Crippen LogP contribution in [0.25, 0.3) is 11.4 Å². The highest BCUT2D eigenvalue weighted by Crippen LogP contribution is 2.33. The molecule has 1 aromatic carbocycles. The van der Waals surface area contributed by atoms with Gasteiger partial charge in [0.2, 0.25) is 17.6 Å². The van der Waals surface area contributed by atoms with E-state index in [-0.39, 0.29) is 11.9 Å². The van der Waals surface area contributed by atoms with Gasteiger partial charge in [0.1, 0.15) is 0 Å². The molecule has 0 aliphatic carbocycles. The van der Waals surface area contributed by atoms with Gasteiger partial charge >= 0.3 is 0 Å². The van der Waals surface area contributed by atoms with Gasteiger partial charge < -0.3 is 9.84 Å². The first-order valence-corrected chi connectivity index (χ1v) is 8.44. The van der Waals surface area contributed by atoms with Gasteiger partial charge in [-0.3, -0.25) is 9.69 Å². The summed E-state index contributed by atoms with van der Waals surface area (Å²) in [5, 5.41) is 6.86. The second-order valence-corrected chi connectivity index (χ2v) is 6.61. The summed E-state index contributed by atoms with van der Waals surface area (Å²) in [6.45, 7) is 8.10. The summed E-state index contributed by atoms with van der Waals surface area (Å²) in [6, 6.07) is 8.60. The molecule has 0 spiro atoms. The number of rotatable bonds is 4. The standard InChI is InChI=1S/C18H24N4O2/c1-11-5-6-12(2)22(11)13(3)18-20-17(21-24-18)15-7-9-16(10-8-15)19-14(4)23/h7-13H,5-6H2,1-4H3,(H,19,23)/t11-,12+,13-/m1/s1. The van der Waals surface area contributed by atoms with E-state index in [1.54, 1.807) is 0 Å². The lowest BCUT2D eigenvalue weighted by molar-refractivity contribution is -0.114. The third-order valence-corrected chi connectivity index (χ3v) is 4.73. The largest absolute Gasteiger partial charge is 0.337 e. The molecule has 1 fully saturated rings. The maximum absolute atomic E-state index is 11.1. The topological polar surface area (TPSA) is 71.3 Å². The highest BCUT2D eigenvalue weighted by atomic mass is 16.5. The number of aromatic nitrogens is 2. The number of amides is 1. The number of nitrogens with zero attached hydrogens (tertiary/aromatic N) is 3. The summed E-state index contributed by atoms with van der Waals surface area (Å²) in [5.74, 6) is 1.13. The van der Waals surface area contributed by atoms with Crippen LogP contribution >= 0.6 is 0 Å². The van der Waals surface area contributed by atoms with Crippen molar-refractivity contribution in [2.45, 2.75) is 58.7 Å². The second-order valence-electron chi connectivity index (χ2n) is 6.61. The maximum Gasteiger partial charge on any atom is 0.244 e. The molecular weight excluding hydrogens is 304 g/mol. The van der Waals surface area contributed by atoms with Crippen molar-refractivity contribution in [3.05, 3.63) is 30.2 Å². The Hall–Kier alpha value is -2.21. The summed E-state index contributed by atoms with van der Waals surface area (Å²) >= 11 is 0. The monoisotopic (exact) mass is 328 g/mol. The summed E-state index contributed by atoms with van der Waals surface area (Å²) in [7, 11) is 0. The van der Waals surface area contributed by atoms with Crippen molar-refractivity contribution < 1.29 is 9.32 Å². The molecule has 3 rings (SSSR count). The number of nitrogens with one attached hydrogen (secondary N) is 1. The zero-order valence-electron chi connectivity index (χ0n) is 14.6. The lowest BCUT2D eigenvalue weighted by atomic mass is 10.2. The first kappa shape index (κ1) is 16.6. The van der Waals surface area contributed by atoms with Crippen molar-refractivity contribution in [1.82, 2.24) is 15.0 Å². The molecule has 0 radical (unpaired) electrons. The fraction of sp³-hybridized carbons (Fsp3) is 0.500. The Bertz CT molecular complexity index is 700. The van der Waals surface area contributed by atoms with Gasteiger partial charge in [-0.05, 0) is 57.9 Å². The quantitative estimate of drug-likeness (QED) is 0.928. The van der Waals surface area contributed by atoms with E-state index in [2.05, 4.69) is 41.1 Å². The number of carbonyl (C=O) groups excluding carboxylic acids is 1. The smallest absolute Gasteiger partial charge is 0.244 e. The van der Waals surface area contributed by atoms with Gasteiger partial charge in [-0.15, -0.1) is 0 Å². The van der Waals surface area contributed by atoms with E-state index in [1.807, 2.05) is 24.3 Å². The van der Waals surface area contributed by atoms with Crippen LogP contribution in [0.1, 0.15) is 52.5 Å². The summed E-state index contributed by atoms with van der Waals surface area (Å²) in [4.78, 5) is 18.1. The molecule has 24 heavy (non-hydrogen) atoms. The van der Waals surface area contributed by atoms with Crippen LogP contribution in [0.15, 0.2) is 28.8 Å². The Kier molecular flexibility index (Phi) is 4.66. The van der Waals surface area contributed by atoms with Gasteiger partial charge in [0.15, 0.2) is 0 Å². The zero-order valence-corrected chi connectivity index (χ0v) is 14.6. The van der Waals surface area contributed by atoms with E-state index in [1.165, 1.54) is 19.8 Å². The first-order valence-electron chi connectivity index (χ1n) is 8.44. The van der Waals surface area contributed by atoms with E-state index in [9.17, 15) is 4.79 Å². The average molecular weight is 328 g/mol. The molecule has 128 valence electrons. The highest BCUT2D eigenvalue weighted by Gasteiger charge is 2.34. The predicted molar refractivity (Wildman–Crippen MR) is 92.4 cm³/mol. The van der Waals surface area contributed by atoms with Crippen molar-refractivity contribution in [3.8, 4) is 11.4 Å². The van der Waals surface area contributed by atoms with E-state index < -0.39 is 0 Å². The van der Waals surface area contributed by atoms with Gasteiger partial charge in [0.05, 0.1) is 6.04 Å². The van der Waals surface area contributed by atoms with Crippen molar-refractivity contribution in [1.29, 1.82) is 0 Å². The molecule has 6 nitrogen and oxygen atoms in total. The fourth-order valence-corrected chi connectivity index (χ4v) is 3.53. The number of hydrogen-bond donors (Lipinski definition) is 1. The lowest BCUT2D eigenvalue weighted by Crippen LogP contribution is -2.35. The molecule has 0 bridgehead atoms. The minimum absolute atomic E-state index is 0.0905. The van der Waals surface area contributed by atoms with E-state index in [4.69, 9.17) is 4.52 Å². The summed E-state index contributed by atoms with van der Waals surface area (Å²) < 4.78 is 5.51. The number of hydrogen-bond acceptors (Lipinski definition) is 5. The van der Waals surface area contributed by atoms with Crippen LogP contribution in [-0.2, 0) is 4.79 Å². The highest BCUT2D eigenvalue weighted by molar-refractivity contribution is 5.88. The molecule has 6 heteroatoms. The van der Waals surface area contributed by atoms with Crippen molar-refractivity contribution in [2.75, 3.05) is 5.32 Å². The Morgan fingerprint density at radius 1 is 1.25 bits per heavy atom. The van der Waals surface area contributed by atoms with Crippen LogP contribution in [-0.4, -0.2) is 33.0 Å². The van der Waals surface area contributed by atoms with Crippen LogP contribution in [0.2, 0.25) is 0 Å². The van der Waals surface area contributed by atoms with Gasteiger partial charge in [0.25, 0.3) is 0 Å². The molecule has 1 aliphatic heterocycles. The minimum Gasteiger partial charge on any atom is -0.337 e. The predicted octanol–water partition coefficient (Wildman–Crippen LogP) is 3.63. The lowest BCUT2D eigenvalue weighted by Gasteiger charge is -2.30. The summed E-state index contributed by atoms with van der Waals surface area (Å²) in [5.41, 5.74) is 1.62.